The van der Waals surface area contributed by atoms with Crippen molar-refractivity contribution in [3.63, 3.8) is 0 Å². The van der Waals surface area contributed by atoms with Crippen molar-refractivity contribution in [2.24, 2.45) is 5.92 Å². The molecule has 0 amide bonds. The molecule has 2 aliphatic heterocycles. The van der Waals surface area contributed by atoms with Crippen LogP contribution in [0.5, 0.6) is 0 Å². The molecule has 3 nitrogen and oxygen atoms in total. The predicted molar refractivity (Wildman–Crippen MR) is 82.6 cm³/mol. The van der Waals surface area contributed by atoms with Crippen molar-refractivity contribution in [3.8, 4) is 0 Å². The van der Waals surface area contributed by atoms with E-state index in [1.54, 1.807) is 0 Å². The summed E-state index contributed by atoms with van der Waals surface area (Å²) in [6.45, 7) is 10.0. The van der Waals surface area contributed by atoms with Crippen molar-refractivity contribution in [2.45, 2.75) is 51.5 Å². The molecule has 2 saturated heterocycles. The molecule has 0 radical (unpaired) electrons. The summed E-state index contributed by atoms with van der Waals surface area (Å²) in [5.74, 6) is 0.939. The fourth-order valence-corrected chi connectivity index (χ4v) is 3.69. The summed E-state index contributed by atoms with van der Waals surface area (Å²) < 4.78 is 0. The summed E-state index contributed by atoms with van der Waals surface area (Å²) in [7, 11) is 2.28. The lowest BCUT2D eigenvalue weighted by Gasteiger charge is -2.35. The lowest BCUT2D eigenvalue weighted by molar-refractivity contribution is 0.139. The molecular weight excluding hydrogens is 234 g/mol. The van der Waals surface area contributed by atoms with Gasteiger partial charge in [-0.05, 0) is 84.2 Å². The molecule has 3 heteroatoms. The van der Waals surface area contributed by atoms with Gasteiger partial charge in [0.1, 0.15) is 0 Å². The maximum Gasteiger partial charge on any atom is 0.0108 e. The van der Waals surface area contributed by atoms with Crippen molar-refractivity contribution in [1.82, 2.24) is 15.1 Å². The first-order valence-electron chi connectivity index (χ1n) is 8.43. The van der Waals surface area contributed by atoms with Crippen LogP contribution < -0.4 is 5.32 Å². The molecule has 2 aliphatic rings. The zero-order chi connectivity index (χ0) is 13.5. The van der Waals surface area contributed by atoms with Crippen molar-refractivity contribution >= 4 is 0 Å². The number of hydrogen-bond acceptors (Lipinski definition) is 3. The Balaban J connectivity index is 1.86. The van der Waals surface area contributed by atoms with Gasteiger partial charge in [-0.25, -0.2) is 0 Å². The second-order valence-electron chi connectivity index (χ2n) is 6.58. The van der Waals surface area contributed by atoms with Crippen LogP contribution in [0.2, 0.25) is 0 Å². The molecule has 0 aliphatic carbocycles. The van der Waals surface area contributed by atoms with Crippen LogP contribution in [-0.4, -0.2) is 62.2 Å². The van der Waals surface area contributed by atoms with E-state index in [0.717, 1.165) is 12.0 Å². The standard InChI is InChI=1S/C16H33N3/c1-3-11-19(14-15-6-9-17-10-7-15)16-5-4-12-18(2)13-8-16/h15-17H,3-14H2,1-2H3. The molecule has 1 unspecified atom stereocenters. The van der Waals surface area contributed by atoms with Gasteiger partial charge in [-0.2, -0.15) is 0 Å². The molecule has 0 aromatic rings. The Bertz CT molecular complexity index is 238. The molecule has 2 heterocycles. The number of rotatable bonds is 5. The fraction of sp³-hybridized carbons (Fsp3) is 1.00. The van der Waals surface area contributed by atoms with Crippen molar-refractivity contribution in [1.29, 1.82) is 0 Å². The zero-order valence-electron chi connectivity index (χ0n) is 13.0. The SMILES string of the molecule is CCCN(CC1CCNCC1)C1CCCN(C)CC1. The van der Waals surface area contributed by atoms with Crippen LogP contribution in [-0.2, 0) is 0 Å². The summed E-state index contributed by atoms with van der Waals surface area (Å²) in [5, 5.41) is 3.49. The monoisotopic (exact) mass is 267 g/mol. The van der Waals surface area contributed by atoms with E-state index >= 15 is 0 Å². The van der Waals surface area contributed by atoms with Crippen molar-refractivity contribution in [3.05, 3.63) is 0 Å². The van der Waals surface area contributed by atoms with Gasteiger partial charge in [-0.3, -0.25) is 0 Å². The van der Waals surface area contributed by atoms with Gasteiger partial charge in [-0.15, -0.1) is 0 Å². The first-order valence-corrected chi connectivity index (χ1v) is 8.43. The smallest absolute Gasteiger partial charge is 0.0108 e. The van der Waals surface area contributed by atoms with Gasteiger partial charge in [0, 0.05) is 12.6 Å². The number of likely N-dealkylation sites (tertiary alicyclic amines) is 1. The van der Waals surface area contributed by atoms with E-state index in [4.69, 9.17) is 0 Å². The molecular formula is C16H33N3. The molecule has 0 saturated carbocycles. The van der Waals surface area contributed by atoms with Crippen LogP contribution in [0.15, 0.2) is 0 Å². The van der Waals surface area contributed by atoms with Gasteiger partial charge in [0.05, 0.1) is 0 Å². The first kappa shape index (κ1) is 15.3. The van der Waals surface area contributed by atoms with E-state index in [9.17, 15) is 0 Å². The third-order valence-corrected chi connectivity index (χ3v) is 4.90. The van der Waals surface area contributed by atoms with Gasteiger partial charge in [0.15, 0.2) is 0 Å². The maximum atomic E-state index is 3.49. The van der Waals surface area contributed by atoms with Crippen molar-refractivity contribution in [2.75, 3.05) is 46.3 Å². The summed E-state index contributed by atoms with van der Waals surface area (Å²) in [5.41, 5.74) is 0. The first-order chi connectivity index (χ1) is 9.29. The summed E-state index contributed by atoms with van der Waals surface area (Å²) >= 11 is 0. The molecule has 112 valence electrons. The van der Waals surface area contributed by atoms with E-state index in [1.165, 1.54) is 77.8 Å². The third kappa shape index (κ3) is 5.05. The highest BCUT2D eigenvalue weighted by Gasteiger charge is 2.24. The summed E-state index contributed by atoms with van der Waals surface area (Å²) in [6.07, 6.45) is 8.24. The quantitative estimate of drug-likeness (QED) is 0.824. The second kappa shape index (κ2) is 8.23. The molecule has 0 aromatic heterocycles. The molecule has 1 atom stereocenters. The second-order valence-corrected chi connectivity index (χ2v) is 6.58. The topological polar surface area (TPSA) is 18.5 Å². The minimum Gasteiger partial charge on any atom is -0.317 e. The van der Waals surface area contributed by atoms with E-state index in [1.807, 2.05) is 0 Å². The van der Waals surface area contributed by atoms with E-state index in [2.05, 4.69) is 29.1 Å². The highest BCUT2D eigenvalue weighted by atomic mass is 15.2. The van der Waals surface area contributed by atoms with E-state index in [0.29, 0.717) is 0 Å². The normalized spacial score (nSPS) is 27.6. The number of hydrogen-bond donors (Lipinski definition) is 1. The van der Waals surface area contributed by atoms with Gasteiger partial charge in [-0.1, -0.05) is 6.92 Å². The van der Waals surface area contributed by atoms with E-state index < -0.39 is 0 Å². The molecule has 2 rings (SSSR count). The lowest BCUT2D eigenvalue weighted by atomic mass is 9.95. The zero-order valence-corrected chi connectivity index (χ0v) is 13.0. The minimum atomic E-state index is 0.847. The Morgan fingerprint density at radius 2 is 1.89 bits per heavy atom. The average Bonchev–Trinajstić information content (AvgIpc) is 2.64. The Morgan fingerprint density at radius 1 is 1.11 bits per heavy atom. The highest BCUT2D eigenvalue weighted by molar-refractivity contribution is 4.80. The molecule has 1 N–H and O–H groups in total. The van der Waals surface area contributed by atoms with Gasteiger partial charge >= 0.3 is 0 Å². The predicted octanol–water partition coefficient (Wildman–Crippen LogP) is 2.18. The van der Waals surface area contributed by atoms with Crippen LogP contribution in [0.4, 0.5) is 0 Å². The van der Waals surface area contributed by atoms with E-state index in [-0.39, 0.29) is 0 Å². The Labute approximate surface area is 119 Å². The number of piperidine rings is 1. The molecule has 0 bridgehead atoms. The number of nitrogens with zero attached hydrogens (tertiary/aromatic N) is 2. The maximum absolute atomic E-state index is 3.49. The molecule has 0 spiro atoms. The number of nitrogens with one attached hydrogen (secondary N) is 1. The molecule has 19 heavy (non-hydrogen) atoms. The van der Waals surface area contributed by atoms with Crippen LogP contribution in [0, 0.1) is 5.92 Å². The largest absolute Gasteiger partial charge is 0.317 e. The third-order valence-electron chi connectivity index (χ3n) is 4.90. The fourth-order valence-electron chi connectivity index (χ4n) is 3.69. The van der Waals surface area contributed by atoms with Crippen LogP contribution in [0.1, 0.15) is 45.4 Å². The van der Waals surface area contributed by atoms with Gasteiger partial charge in [0.2, 0.25) is 0 Å². The van der Waals surface area contributed by atoms with Crippen molar-refractivity contribution < 1.29 is 0 Å². The Kier molecular flexibility index (Phi) is 6.62. The Hall–Kier alpha value is -0.120. The van der Waals surface area contributed by atoms with Crippen LogP contribution in [0.25, 0.3) is 0 Å². The summed E-state index contributed by atoms with van der Waals surface area (Å²) in [4.78, 5) is 5.34. The van der Waals surface area contributed by atoms with Crippen LogP contribution >= 0.6 is 0 Å². The van der Waals surface area contributed by atoms with Gasteiger partial charge < -0.3 is 15.1 Å². The lowest BCUT2D eigenvalue weighted by Crippen LogP contribution is -2.42. The van der Waals surface area contributed by atoms with Gasteiger partial charge in [0.25, 0.3) is 0 Å². The Morgan fingerprint density at radius 3 is 2.63 bits per heavy atom. The average molecular weight is 267 g/mol. The molecule has 0 aromatic carbocycles. The van der Waals surface area contributed by atoms with Crippen LogP contribution in [0.3, 0.4) is 0 Å². The highest BCUT2D eigenvalue weighted by Crippen LogP contribution is 2.21. The minimum absolute atomic E-state index is 0.847. The molecule has 2 fully saturated rings. The summed E-state index contributed by atoms with van der Waals surface area (Å²) in [6, 6.07) is 0.847.